The number of carbonyl (C=O) groups excluding carboxylic acids is 2. The minimum absolute atomic E-state index is 0.237. The molecule has 0 unspecified atom stereocenters. The van der Waals surface area contributed by atoms with Crippen molar-refractivity contribution in [3.8, 4) is 0 Å². The Balaban J connectivity index is 1.77. The van der Waals surface area contributed by atoms with Crippen molar-refractivity contribution < 1.29 is 9.59 Å². The topological polar surface area (TPSA) is 40.6 Å². The maximum absolute atomic E-state index is 11.8. The Morgan fingerprint density at radius 1 is 1.06 bits per heavy atom. The van der Waals surface area contributed by atoms with Crippen molar-refractivity contribution in [2.24, 2.45) is 5.92 Å². The summed E-state index contributed by atoms with van der Waals surface area (Å²) in [5, 5.41) is 0. The van der Waals surface area contributed by atoms with Crippen LogP contribution >= 0.6 is 0 Å². The van der Waals surface area contributed by atoms with Crippen molar-refractivity contribution in [3.63, 3.8) is 0 Å². The molecular formula is C12H20N2O2. The van der Waals surface area contributed by atoms with Crippen molar-refractivity contribution in [1.82, 2.24) is 9.80 Å². The zero-order valence-electron chi connectivity index (χ0n) is 9.95. The van der Waals surface area contributed by atoms with Crippen LogP contribution in [0.25, 0.3) is 0 Å². The lowest BCUT2D eigenvalue weighted by molar-refractivity contribution is -0.140. The van der Waals surface area contributed by atoms with Gasteiger partial charge in [0.05, 0.1) is 0 Å². The van der Waals surface area contributed by atoms with Crippen LogP contribution in [0.2, 0.25) is 0 Å². The van der Waals surface area contributed by atoms with Crippen molar-refractivity contribution in [2.45, 2.75) is 32.6 Å². The molecule has 16 heavy (non-hydrogen) atoms. The van der Waals surface area contributed by atoms with Gasteiger partial charge in [0.2, 0.25) is 11.8 Å². The smallest absolute Gasteiger partial charge is 0.225 e. The Bertz CT molecular complexity index is 279. The van der Waals surface area contributed by atoms with Gasteiger partial charge in [-0.25, -0.2) is 0 Å². The second-order valence-electron chi connectivity index (χ2n) is 4.73. The monoisotopic (exact) mass is 224 g/mol. The van der Waals surface area contributed by atoms with Crippen LogP contribution in [0.4, 0.5) is 0 Å². The Labute approximate surface area is 96.6 Å². The van der Waals surface area contributed by atoms with Crippen molar-refractivity contribution in [2.75, 3.05) is 26.2 Å². The molecule has 0 atom stereocenters. The van der Waals surface area contributed by atoms with Crippen LogP contribution < -0.4 is 0 Å². The second kappa shape index (κ2) is 4.85. The van der Waals surface area contributed by atoms with E-state index in [0.717, 1.165) is 45.4 Å². The van der Waals surface area contributed by atoms with E-state index in [1.54, 1.807) is 0 Å². The molecule has 0 aromatic rings. The highest BCUT2D eigenvalue weighted by Gasteiger charge is 2.34. The van der Waals surface area contributed by atoms with Crippen LogP contribution in [-0.2, 0) is 9.59 Å². The molecule has 2 fully saturated rings. The molecule has 0 aromatic heterocycles. The van der Waals surface area contributed by atoms with Crippen molar-refractivity contribution in [1.29, 1.82) is 0 Å². The highest BCUT2D eigenvalue weighted by Crippen LogP contribution is 2.31. The summed E-state index contributed by atoms with van der Waals surface area (Å²) in [5.74, 6) is 0.849. The quantitative estimate of drug-likeness (QED) is 0.713. The molecule has 90 valence electrons. The molecule has 4 nitrogen and oxygen atoms in total. The van der Waals surface area contributed by atoms with E-state index in [2.05, 4.69) is 0 Å². The molecule has 1 heterocycles. The van der Waals surface area contributed by atoms with E-state index in [-0.39, 0.29) is 5.91 Å². The van der Waals surface area contributed by atoms with Gasteiger partial charge in [-0.3, -0.25) is 9.59 Å². The molecule has 1 aliphatic heterocycles. The predicted molar refractivity (Wildman–Crippen MR) is 60.8 cm³/mol. The van der Waals surface area contributed by atoms with Gasteiger partial charge < -0.3 is 9.80 Å². The number of piperazine rings is 1. The number of amides is 2. The molecule has 0 spiro atoms. The van der Waals surface area contributed by atoms with Gasteiger partial charge in [-0.1, -0.05) is 6.92 Å². The van der Waals surface area contributed by atoms with Gasteiger partial charge >= 0.3 is 0 Å². The highest BCUT2D eigenvalue weighted by atomic mass is 16.2. The first-order valence-corrected chi connectivity index (χ1v) is 6.29. The third-order valence-electron chi connectivity index (χ3n) is 3.33. The zero-order valence-corrected chi connectivity index (χ0v) is 9.95. The lowest BCUT2D eigenvalue weighted by atomic mass is 10.2. The highest BCUT2D eigenvalue weighted by molar-refractivity contribution is 5.81. The van der Waals surface area contributed by atoms with Gasteiger partial charge in [0.25, 0.3) is 0 Å². The molecule has 2 aliphatic rings. The number of hydrogen-bond acceptors (Lipinski definition) is 2. The summed E-state index contributed by atoms with van der Waals surface area (Å²) < 4.78 is 0. The van der Waals surface area contributed by atoms with Gasteiger partial charge in [0.1, 0.15) is 0 Å². The largest absolute Gasteiger partial charge is 0.339 e. The van der Waals surface area contributed by atoms with Gasteiger partial charge in [-0.15, -0.1) is 0 Å². The van der Waals surface area contributed by atoms with E-state index in [4.69, 9.17) is 0 Å². The third-order valence-corrected chi connectivity index (χ3v) is 3.33. The van der Waals surface area contributed by atoms with Gasteiger partial charge in [0, 0.05) is 38.5 Å². The molecule has 1 aliphatic carbocycles. The first-order chi connectivity index (χ1) is 7.72. The second-order valence-corrected chi connectivity index (χ2v) is 4.73. The fraction of sp³-hybridized carbons (Fsp3) is 0.833. The van der Waals surface area contributed by atoms with Gasteiger partial charge in [0.15, 0.2) is 0 Å². The lowest BCUT2D eigenvalue weighted by Gasteiger charge is -2.35. The summed E-state index contributed by atoms with van der Waals surface area (Å²) in [4.78, 5) is 27.2. The fourth-order valence-electron chi connectivity index (χ4n) is 2.14. The average Bonchev–Trinajstić information content (AvgIpc) is 3.12. The van der Waals surface area contributed by atoms with Crippen LogP contribution in [0.5, 0.6) is 0 Å². The number of hydrogen-bond donors (Lipinski definition) is 0. The predicted octanol–water partition coefficient (Wildman–Crippen LogP) is 0.867. The standard InChI is InChI=1S/C12H20N2O2/c1-2-3-11(15)13-6-8-14(9-7-13)12(16)10-4-5-10/h10H,2-9H2,1H3. The summed E-state index contributed by atoms with van der Waals surface area (Å²) in [6.45, 7) is 4.91. The molecule has 0 radical (unpaired) electrons. The normalized spacial score (nSPS) is 21.1. The summed E-state index contributed by atoms with van der Waals surface area (Å²) in [6.07, 6.45) is 3.66. The first-order valence-electron chi connectivity index (χ1n) is 6.29. The number of carbonyl (C=O) groups is 2. The van der Waals surface area contributed by atoms with E-state index >= 15 is 0 Å². The van der Waals surface area contributed by atoms with Gasteiger partial charge in [-0.05, 0) is 19.3 Å². The molecule has 4 heteroatoms. The van der Waals surface area contributed by atoms with Crippen molar-refractivity contribution >= 4 is 11.8 Å². The van der Waals surface area contributed by atoms with Crippen LogP contribution in [0, 0.1) is 5.92 Å². The van der Waals surface area contributed by atoms with E-state index in [0.29, 0.717) is 18.2 Å². The summed E-state index contributed by atoms with van der Waals surface area (Å²) in [5.41, 5.74) is 0. The van der Waals surface area contributed by atoms with E-state index in [1.807, 2.05) is 16.7 Å². The Morgan fingerprint density at radius 3 is 2.12 bits per heavy atom. The molecule has 0 N–H and O–H groups in total. The van der Waals surface area contributed by atoms with Crippen LogP contribution in [-0.4, -0.2) is 47.8 Å². The number of rotatable bonds is 3. The average molecular weight is 224 g/mol. The van der Waals surface area contributed by atoms with Crippen LogP contribution in [0.3, 0.4) is 0 Å². The first kappa shape index (κ1) is 11.4. The molecule has 2 rings (SSSR count). The van der Waals surface area contributed by atoms with E-state index in [1.165, 1.54) is 0 Å². The molecule has 0 aromatic carbocycles. The van der Waals surface area contributed by atoms with Crippen LogP contribution in [0.15, 0.2) is 0 Å². The Hall–Kier alpha value is -1.06. The van der Waals surface area contributed by atoms with Crippen LogP contribution in [0.1, 0.15) is 32.6 Å². The van der Waals surface area contributed by atoms with Crippen molar-refractivity contribution in [3.05, 3.63) is 0 Å². The van der Waals surface area contributed by atoms with E-state index in [9.17, 15) is 9.59 Å². The molecule has 1 saturated heterocycles. The SMILES string of the molecule is CCCC(=O)N1CCN(C(=O)C2CC2)CC1. The van der Waals surface area contributed by atoms with Gasteiger partial charge in [-0.2, -0.15) is 0 Å². The lowest BCUT2D eigenvalue weighted by Crippen LogP contribution is -2.50. The minimum Gasteiger partial charge on any atom is -0.339 e. The third kappa shape index (κ3) is 2.54. The Morgan fingerprint density at radius 2 is 1.62 bits per heavy atom. The maximum atomic E-state index is 11.8. The minimum atomic E-state index is 0.237. The summed E-state index contributed by atoms with van der Waals surface area (Å²) in [6, 6.07) is 0. The number of nitrogens with zero attached hydrogens (tertiary/aromatic N) is 2. The zero-order chi connectivity index (χ0) is 11.5. The summed E-state index contributed by atoms with van der Waals surface area (Å²) in [7, 11) is 0. The molecule has 0 bridgehead atoms. The molecular weight excluding hydrogens is 204 g/mol. The molecule has 1 saturated carbocycles. The molecule has 2 amide bonds. The maximum Gasteiger partial charge on any atom is 0.225 e. The van der Waals surface area contributed by atoms with E-state index < -0.39 is 0 Å². The fourth-order valence-corrected chi connectivity index (χ4v) is 2.14. The summed E-state index contributed by atoms with van der Waals surface area (Å²) >= 11 is 0. The Kier molecular flexibility index (Phi) is 3.46.